The summed E-state index contributed by atoms with van der Waals surface area (Å²) in [5, 5.41) is 8.72. The second kappa shape index (κ2) is 6.62. The molecule has 0 fully saturated rings. The van der Waals surface area contributed by atoms with E-state index < -0.39 is 0 Å². The Bertz CT molecular complexity index is 593. The Morgan fingerprint density at radius 1 is 1.37 bits per heavy atom. The Kier molecular flexibility index (Phi) is 4.60. The molecule has 0 aliphatic carbocycles. The molecule has 2 rings (SSSR count). The molecule has 0 saturated heterocycles. The average molecular weight is 256 g/mol. The molecule has 1 heterocycles. The van der Waals surface area contributed by atoms with Crippen molar-refractivity contribution < 1.29 is 9.84 Å². The molecular formula is C15H16N2O2. The van der Waals surface area contributed by atoms with Gasteiger partial charge in [0.25, 0.3) is 0 Å². The van der Waals surface area contributed by atoms with Crippen molar-refractivity contribution in [3.05, 3.63) is 48.0 Å². The summed E-state index contributed by atoms with van der Waals surface area (Å²) >= 11 is 0. The summed E-state index contributed by atoms with van der Waals surface area (Å²) in [5.41, 5.74) is 0.788. The number of rotatable bonds is 4. The van der Waals surface area contributed by atoms with Gasteiger partial charge in [0.05, 0.1) is 12.2 Å². The van der Waals surface area contributed by atoms with Crippen molar-refractivity contribution >= 4 is 0 Å². The van der Waals surface area contributed by atoms with Crippen LogP contribution in [0.15, 0.2) is 36.7 Å². The van der Waals surface area contributed by atoms with Gasteiger partial charge in [0.1, 0.15) is 18.2 Å². The van der Waals surface area contributed by atoms with Crippen molar-refractivity contribution in [3.8, 4) is 17.6 Å². The van der Waals surface area contributed by atoms with Crippen molar-refractivity contribution in [2.24, 2.45) is 7.05 Å². The van der Waals surface area contributed by atoms with E-state index in [1.165, 1.54) is 0 Å². The third-order valence-corrected chi connectivity index (χ3v) is 2.69. The van der Waals surface area contributed by atoms with Crippen LogP contribution in [0.1, 0.15) is 11.4 Å². The van der Waals surface area contributed by atoms with Gasteiger partial charge in [-0.05, 0) is 12.1 Å². The lowest BCUT2D eigenvalue weighted by atomic mass is 10.2. The number of imidazole rings is 1. The molecule has 0 unspecified atom stereocenters. The highest BCUT2D eigenvalue weighted by molar-refractivity contribution is 5.45. The van der Waals surface area contributed by atoms with Crippen molar-refractivity contribution in [1.82, 2.24) is 9.55 Å². The zero-order valence-electron chi connectivity index (χ0n) is 10.8. The molecule has 0 aliphatic heterocycles. The molecule has 0 atom stereocenters. The van der Waals surface area contributed by atoms with Gasteiger partial charge in [-0.15, -0.1) is 0 Å². The van der Waals surface area contributed by atoms with Crippen LogP contribution in [-0.4, -0.2) is 27.9 Å². The van der Waals surface area contributed by atoms with Crippen LogP contribution in [0.2, 0.25) is 0 Å². The molecule has 98 valence electrons. The van der Waals surface area contributed by atoms with E-state index in [9.17, 15) is 0 Å². The second-order valence-electron chi connectivity index (χ2n) is 4.01. The highest BCUT2D eigenvalue weighted by Gasteiger charge is 2.02. The van der Waals surface area contributed by atoms with Crippen LogP contribution in [0.5, 0.6) is 5.75 Å². The van der Waals surface area contributed by atoms with Crippen LogP contribution >= 0.6 is 0 Å². The molecule has 2 aromatic rings. The van der Waals surface area contributed by atoms with Crippen molar-refractivity contribution in [2.75, 3.05) is 13.2 Å². The van der Waals surface area contributed by atoms with Crippen LogP contribution in [0.3, 0.4) is 0 Å². The number of ether oxygens (including phenoxy) is 1. The van der Waals surface area contributed by atoms with Gasteiger partial charge >= 0.3 is 0 Å². The van der Waals surface area contributed by atoms with E-state index in [0.29, 0.717) is 6.61 Å². The Hall–Kier alpha value is -2.25. The number of aryl methyl sites for hydroxylation is 1. The van der Waals surface area contributed by atoms with Crippen LogP contribution in [-0.2, 0) is 13.5 Å². The molecule has 0 bridgehead atoms. The molecule has 4 nitrogen and oxygen atoms in total. The number of aromatic nitrogens is 2. The van der Waals surface area contributed by atoms with E-state index in [4.69, 9.17) is 9.84 Å². The van der Waals surface area contributed by atoms with E-state index in [2.05, 4.69) is 16.8 Å². The largest absolute Gasteiger partial charge is 0.492 e. The minimum Gasteiger partial charge on any atom is -0.492 e. The highest BCUT2D eigenvalue weighted by Crippen LogP contribution is 2.16. The molecule has 1 N–H and O–H groups in total. The first-order valence-corrected chi connectivity index (χ1v) is 6.09. The fourth-order valence-electron chi connectivity index (χ4n) is 1.72. The van der Waals surface area contributed by atoms with Gasteiger partial charge in [-0.2, -0.15) is 0 Å². The van der Waals surface area contributed by atoms with Crippen molar-refractivity contribution in [2.45, 2.75) is 6.42 Å². The van der Waals surface area contributed by atoms with Gasteiger partial charge in [0, 0.05) is 25.9 Å². The molecule has 0 radical (unpaired) electrons. The molecule has 0 aliphatic rings. The molecule has 19 heavy (non-hydrogen) atoms. The predicted molar refractivity (Wildman–Crippen MR) is 72.8 cm³/mol. The molecular weight excluding hydrogens is 240 g/mol. The van der Waals surface area contributed by atoms with E-state index in [1.807, 2.05) is 42.1 Å². The summed E-state index contributed by atoms with van der Waals surface area (Å²) in [6, 6.07) is 7.55. The number of hydrogen-bond donors (Lipinski definition) is 1. The number of aliphatic hydroxyl groups is 1. The number of hydrogen-bond acceptors (Lipinski definition) is 3. The Morgan fingerprint density at radius 3 is 2.95 bits per heavy atom. The molecule has 1 aromatic carbocycles. The maximum atomic E-state index is 8.72. The first-order chi connectivity index (χ1) is 9.31. The van der Waals surface area contributed by atoms with Gasteiger partial charge in [-0.1, -0.05) is 24.0 Å². The number of benzene rings is 1. The zero-order valence-corrected chi connectivity index (χ0v) is 10.8. The lowest BCUT2D eigenvalue weighted by Crippen LogP contribution is -2.06. The quantitative estimate of drug-likeness (QED) is 0.841. The van der Waals surface area contributed by atoms with Crippen LogP contribution in [0, 0.1) is 11.8 Å². The zero-order chi connectivity index (χ0) is 13.5. The molecule has 0 saturated carbocycles. The average Bonchev–Trinajstić information content (AvgIpc) is 2.83. The minimum absolute atomic E-state index is 0.151. The Balaban J connectivity index is 1.98. The Labute approximate surface area is 112 Å². The fraction of sp³-hybridized carbons (Fsp3) is 0.267. The normalized spacial score (nSPS) is 9.79. The first kappa shape index (κ1) is 13.2. The third-order valence-electron chi connectivity index (χ3n) is 2.69. The lowest BCUT2D eigenvalue weighted by molar-refractivity contribution is 0.316. The van der Waals surface area contributed by atoms with Gasteiger partial charge in [-0.3, -0.25) is 0 Å². The van der Waals surface area contributed by atoms with Crippen molar-refractivity contribution in [1.29, 1.82) is 0 Å². The van der Waals surface area contributed by atoms with E-state index in [-0.39, 0.29) is 6.61 Å². The first-order valence-electron chi connectivity index (χ1n) is 6.09. The maximum absolute atomic E-state index is 8.72. The van der Waals surface area contributed by atoms with E-state index >= 15 is 0 Å². The van der Waals surface area contributed by atoms with Gasteiger partial charge in [0.15, 0.2) is 0 Å². The summed E-state index contributed by atoms with van der Waals surface area (Å²) in [6.45, 7) is 0.393. The van der Waals surface area contributed by atoms with Crippen LogP contribution in [0.25, 0.3) is 0 Å². The topological polar surface area (TPSA) is 47.3 Å². The van der Waals surface area contributed by atoms with Crippen LogP contribution in [0.4, 0.5) is 0 Å². The standard InChI is InChI=1S/C15H16N2O2/c1-17-10-9-16-15(17)8-12-19-14-7-3-2-5-13(14)6-4-11-18/h2-3,5,7,9-10,18H,8,11-12H2,1H3. The van der Waals surface area contributed by atoms with Gasteiger partial charge in [0.2, 0.25) is 0 Å². The second-order valence-corrected chi connectivity index (χ2v) is 4.01. The summed E-state index contributed by atoms with van der Waals surface area (Å²) in [7, 11) is 1.96. The minimum atomic E-state index is -0.151. The highest BCUT2D eigenvalue weighted by atomic mass is 16.5. The third kappa shape index (κ3) is 3.60. The number of aliphatic hydroxyl groups excluding tert-OH is 1. The van der Waals surface area contributed by atoms with Gasteiger partial charge in [-0.25, -0.2) is 4.98 Å². The van der Waals surface area contributed by atoms with Gasteiger partial charge < -0.3 is 14.4 Å². The lowest BCUT2D eigenvalue weighted by Gasteiger charge is -2.08. The monoisotopic (exact) mass is 256 g/mol. The van der Waals surface area contributed by atoms with Crippen LogP contribution < -0.4 is 4.74 Å². The summed E-state index contributed by atoms with van der Waals surface area (Å²) in [6.07, 6.45) is 4.43. The molecule has 0 spiro atoms. The van der Waals surface area contributed by atoms with E-state index in [0.717, 1.165) is 23.6 Å². The van der Waals surface area contributed by atoms with E-state index in [1.54, 1.807) is 6.20 Å². The van der Waals surface area contributed by atoms with Crippen molar-refractivity contribution in [3.63, 3.8) is 0 Å². The Morgan fingerprint density at radius 2 is 2.21 bits per heavy atom. The number of nitrogens with zero attached hydrogens (tertiary/aromatic N) is 2. The summed E-state index contributed by atoms with van der Waals surface area (Å²) < 4.78 is 7.70. The molecule has 0 amide bonds. The summed E-state index contributed by atoms with van der Waals surface area (Å²) in [4.78, 5) is 4.24. The summed E-state index contributed by atoms with van der Waals surface area (Å²) in [5.74, 6) is 7.22. The molecule has 1 aromatic heterocycles. The fourth-order valence-corrected chi connectivity index (χ4v) is 1.72. The number of para-hydroxylation sites is 1. The SMILES string of the molecule is Cn1ccnc1CCOc1ccccc1C#CCO. The maximum Gasteiger partial charge on any atom is 0.134 e. The molecule has 4 heteroatoms. The smallest absolute Gasteiger partial charge is 0.134 e. The predicted octanol–water partition coefficient (Wildman–Crippen LogP) is 1.39.